The normalized spacial score (nSPS) is 10.7. The molecular formula is C26H34O4. The van der Waals surface area contributed by atoms with E-state index in [2.05, 4.69) is 6.58 Å². The molecule has 4 nitrogen and oxygen atoms in total. The van der Waals surface area contributed by atoms with Gasteiger partial charge in [0.05, 0.1) is 18.8 Å². The third kappa shape index (κ3) is 9.25. The highest BCUT2D eigenvalue weighted by molar-refractivity contribution is 5.95. The molecule has 2 aromatic rings. The molecule has 0 amide bonds. The van der Waals surface area contributed by atoms with Gasteiger partial charge in [-0.25, -0.2) is 9.59 Å². The summed E-state index contributed by atoms with van der Waals surface area (Å²) in [6.07, 6.45) is 12.6. The third-order valence-corrected chi connectivity index (χ3v) is 5.17. The second-order valence-electron chi connectivity index (χ2n) is 7.61. The van der Waals surface area contributed by atoms with Crippen LogP contribution in [0.1, 0.15) is 74.6 Å². The van der Waals surface area contributed by atoms with Crippen LogP contribution in [0.25, 0.3) is 10.8 Å². The van der Waals surface area contributed by atoms with Crippen LogP contribution < -0.4 is 0 Å². The minimum atomic E-state index is -0.335. The Kier molecular flexibility index (Phi) is 11.3. The Morgan fingerprint density at radius 2 is 1.23 bits per heavy atom. The molecule has 0 spiro atoms. The van der Waals surface area contributed by atoms with Gasteiger partial charge in [-0.3, -0.25) is 0 Å². The number of hydrogen-bond acceptors (Lipinski definition) is 4. The van der Waals surface area contributed by atoms with Crippen LogP contribution in [0.2, 0.25) is 0 Å². The standard InChI is InChI=1S/C26H34O4/c1-2-25(27)29-19-13-9-7-5-3-4-6-8-10-14-20-30-26(28)24-18-17-22-15-11-12-16-23(22)21-24/h2,11-12,15-18,21H,1,3-10,13-14,19-20H2. The van der Waals surface area contributed by atoms with Gasteiger partial charge in [-0.05, 0) is 35.7 Å². The summed E-state index contributed by atoms with van der Waals surface area (Å²) in [5.41, 5.74) is 0.618. The second kappa shape index (κ2) is 14.4. The van der Waals surface area contributed by atoms with Gasteiger partial charge in [0.1, 0.15) is 0 Å². The molecular weight excluding hydrogens is 376 g/mol. The number of carbonyl (C=O) groups excluding carboxylic acids is 2. The third-order valence-electron chi connectivity index (χ3n) is 5.17. The van der Waals surface area contributed by atoms with Crippen molar-refractivity contribution in [1.29, 1.82) is 0 Å². The maximum absolute atomic E-state index is 12.2. The first-order valence-electron chi connectivity index (χ1n) is 11.2. The molecule has 0 fully saturated rings. The average molecular weight is 411 g/mol. The van der Waals surface area contributed by atoms with E-state index in [0.717, 1.165) is 36.5 Å². The predicted octanol–water partition coefficient (Wildman–Crippen LogP) is 6.63. The van der Waals surface area contributed by atoms with Gasteiger partial charge < -0.3 is 9.47 Å². The van der Waals surface area contributed by atoms with Crippen molar-refractivity contribution in [3.63, 3.8) is 0 Å². The van der Waals surface area contributed by atoms with Crippen LogP contribution in [-0.4, -0.2) is 25.2 Å². The number of rotatable bonds is 15. The number of hydrogen-bond donors (Lipinski definition) is 0. The minimum Gasteiger partial charge on any atom is -0.463 e. The first-order valence-corrected chi connectivity index (χ1v) is 11.2. The lowest BCUT2D eigenvalue weighted by Gasteiger charge is -2.06. The lowest BCUT2D eigenvalue weighted by molar-refractivity contribution is -0.137. The van der Waals surface area contributed by atoms with Crippen molar-refractivity contribution >= 4 is 22.7 Å². The van der Waals surface area contributed by atoms with Gasteiger partial charge in [-0.2, -0.15) is 0 Å². The summed E-state index contributed by atoms with van der Waals surface area (Å²) in [7, 11) is 0. The van der Waals surface area contributed by atoms with Crippen LogP contribution in [-0.2, 0) is 14.3 Å². The topological polar surface area (TPSA) is 52.6 Å². The summed E-state index contributed by atoms with van der Waals surface area (Å²) >= 11 is 0. The summed E-state index contributed by atoms with van der Waals surface area (Å²) < 4.78 is 10.4. The smallest absolute Gasteiger partial charge is 0.338 e. The number of benzene rings is 2. The SMILES string of the molecule is C=CC(=O)OCCCCCCCCCCCCOC(=O)c1ccc2ccccc2c1. The molecule has 0 bridgehead atoms. The van der Waals surface area contributed by atoms with E-state index in [1.54, 1.807) is 0 Å². The fraction of sp³-hybridized carbons (Fsp3) is 0.462. The highest BCUT2D eigenvalue weighted by Gasteiger charge is 2.07. The first kappa shape index (κ1) is 23.7. The molecule has 4 heteroatoms. The maximum atomic E-state index is 12.2. The largest absolute Gasteiger partial charge is 0.463 e. The molecule has 0 N–H and O–H groups in total. The highest BCUT2D eigenvalue weighted by Crippen LogP contribution is 2.16. The lowest BCUT2D eigenvalue weighted by atomic mass is 10.1. The molecule has 30 heavy (non-hydrogen) atoms. The summed E-state index contributed by atoms with van der Waals surface area (Å²) in [6, 6.07) is 13.7. The molecule has 0 radical (unpaired) electrons. The Labute approximate surface area is 180 Å². The predicted molar refractivity (Wildman–Crippen MR) is 122 cm³/mol. The molecule has 2 aromatic carbocycles. The van der Waals surface area contributed by atoms with Crippen molar-refractivity contribution in [3.8, 4) is 0 Å². The number of carbonyl (C=O) groups is 2. The van der Waals surface area contributed by atoms with Gasteiger partial charge in [0, 0.05) is 6.08 Å². The maximum Gasteiger partial charge on any atom is 0.338 e. The van der Waals surface area contributed by atoms with Gasteiger partial charge in [0.2, 0.25) is 0 Å². The van der Waals surface area contributed by atoms with Crippen LogP contribution in [0.15, 0.2) is 55.1 Å². The van der Waals surface area contributed by atoms with Gasteiger partial charge in [-0.1, -0.05) is 88.3 Å². The van der Waals surface area contributed by atoms with E-state index in [9.17, 15) is 9.59 Å². The molecule has 0 aliphatic rings. The monoisotopic (exact) mass is 410 g/mol. The second-order valence-corrected chi connectivity index (χ2v) is 7.61. The lowest BCUT2D eigenvalue weighted by Crippen LogP contribution is -2.06. The van der Waals surface area contributed by atoms with Crippen molar-refractivity contribution in [1.82, 2.24) is 0 Å². The van der Waals surface area contributed by atoms with E-state index in [-0.39, 0.29) is 11.9 Å². The van der Waals surface area contributed by atoms with Crippen LogP contribution in [0.5, 0.6) is 0 Å². The summed E-state index contributed by atoms with van der Waals surface area (Å²) in [5.74, 6) is -0.571. The zero-order valence-electron chi connectivity index (χ0n) is 17.9. The zero-order chi connectivity index (χ0) is 21.4. The molecule has 0 aromatic heterocycles. The van der Waals surface area contributed by atoms with E-state index in [1.807, 2.05) is 42.5 Å². The molecule has 0 saturated carbocycles. The van der Waals surface area contributed by atoms with E-state index >= 15 is 0 Å². The molecule has 0 aliphatic heterocycles. The Morgan fingerprint density at radius 1 is 0.700 bits per heavy atom. The molecule has 2 rings (SSSR count). The van der Waals surface area contributed by atoms with Crippen molar-refractivity contribution < 1.29 is 19.1 Å². The van der Waals surface area contributed by atoms with Gasteiger partial charge in [-0.15, -0.1) is 0 Å². The fourth-order valence-electron chi connectivity index (χ4n) is 3.41. The highest BCUT2D eigenvalue weighted by atomic mass is 16.5. The molecule has 0 atom stereocenters. The van der Waals surface area contributed by atoms with E-state index in [1.165, 1.54) is 44.6 Å². The van der Waals surface area contributed by atoms with Crippen LogP contribution >= 0.6 is 0 Å². The van der Waals surface area contributed by atoms with E-state index < -0.39 is 0 Å². The zero-order valence-corrected chi connectivity index (χ0v) is 17.9. The Morgan fingerprint density at radius 3 is 1.83 bits per heavy atom. The molecule has 0 unspecified atom stereocenters. The van der Waals surface area contributed by atoms with Crippen molar-refractivity contribution in [2.24, 2.45) is 0 Å². The van der Waals surface area contributed by atoms with Crippen LogP contribution in [0, 0.1) is 0 Å². The quantitative estimate of drug-likeness (QED) is 0.188. The number of fused-ring (bicyclic) bond motifs is 1. The van der Waals surface area contributed by atoms with Gasteiger partial charge in [0.25, 0.3) is 0 Å². The van der Waals surface area contributed by atoms with E-state index in [4.69, 9.17) is 9.47 Å². The molecule has 0 heterocycles. The summed E-state index contributed by atoms with van der Waals surface area (Å²) in [6.45, 7) is 4.36. The Hall–Kier alpha value is -2.62. The van der Waals surface area contributed by atoms with Crippen molar-refractivity contribution in [3.05, 3.63) is 60.7 Å². The minimum absolute atomic E-state index is 0.236. The van der Waals surface area contributed by atoms with Gasteiger partial charge in [0.15, 0.2) is 0 Å². The Bertz CT molecular complexity index is 796. The summed E-state index contributed by atoms with van der Waals surface area (Å²) in [5, 5.41) is 2.19. The van der Waals surface area contributed by atoms with E-state index in [0.29, 0.717) is 18.8 Å². The fourth-order valence-corrected chi connectivity index (χ4v) is 3.41. The molecule has 162 valence electrons. The summed E-state index contributed by atoms with van der Waals surface area (Å²) in [4.78, 5) is 23.1. The molecule has 0 saturated heterocycles. The van der Waals surface area contributed by atoms with Gasteiger partial charge >= 0.3 is 11.9 Å². The first-order chi connectivity index (χ1) is 14.7. The number of ether oxygens (including phenoxy) is 2. The number of unbranched alkanes of at least 4 members (excludes halogenated alkanes) is 9. The Balaban J connectivity index is 1.41. The van der Waals surface area contributed by atoms with Crippen molar-refractivity contribution in [2.75, 3.05) is 13.2 Å². The molecule has 0 aliphatic carbocycles. The number of esters is 2. The van der Waals surface area contributed by atoms with Crippen LogP contribution in [0.4, 0.5) is 0 Å². The van der Waals surface area contributed by atoms with Crippen LogP contribution in [0.3, 0.4) is 0 Å². The average Bonchev–Trinajstić information content (AvgIpc) is 2.78. The van der Waals surface area contributed by atoms with Crippen molar-refractivity contribution in [2.45, 2.75) is 64.2 Å².